The molecule has 0 spiro atoms. The molecule has 0 saturated carbocycles. The number of rotatable bonds is 5. The van der Waals surface area contributed by atoms with Crippen molar-refractivity contribution in [2.24, 2.45) is 5.92 Å². The van der Waals surface area contributed by atoms with E-state index in [2.05, 4.69) is 4.72 Å². The number of carbonyl (C=O) groups is 2. The Bertz CT molecular complexity index is 1060. The van der Waals surface area contributed by atoms with Gasteiger partial charge in [-0.2, -0.15) is 0 Å². The molecule has 0 unspecified atom stereocenters. The maximum atomic E-state index is 13.0. The fourth-order valence-corrected chi connectivity index (χ4v) is 4.98. The Morgan fingerprint density at radius 1 is 1.03 bits per heavy atom. The van der Waals surface area contributed by atoms with Gasteiger partial charge in [0.15, 0.2) is 0 Å². The predicted octanol–water partition coefficient (Wildman–Crippen LogP) is 3.13. The summed E-state index contributed by atoms with van der Waals surface area (Å²) in [6.45, 7) is 4.37. The quantitative estimate of drug-likeness (QED) is 0.736. The van der Waals surface area contributed by atoms with Crippen molar-refractivity contribution in [3.05, 3.63) is 59.2 Å². The second-order valence-electron chi connectivity index (χ2n) is 7.49. The van der Waals surface area contributed by atoms with E-state index >= 15 is 0 Å². The van der Waals surface area contributed by atoms with Crippen LogP contribution in [0.2, 0.25) is 0 Å². The molecule has 0 bridgehead atoms. The largest absolute Gasteiger partial charge is 0.469 e. The number of likely N-dealkylation sites (tertiary alicyclic amines) is 1. The molecule has 1 heterocycles. The average molecular weight is 431 g/mol. The fraction of sp³-hybridized carbons (Fsp3) is 0.364. The molecule has 1 saturated heterocycles. The third kappa shape index (κ3) is 4.64. The second kappa shape index (κ2) is 8.87. The Hall–Kier alpha value is -2.87. The van der Waals surface area contributed by atoms with Crippen LogP contribution in [0.5, 0.6) is 0 Å². The first-order valence-electron chi connectivity index (χ1n) is 9.79. The summed E-state index contributed by atoms with van der Waals surface area (Å²) in [5.41, 5.74) is 2.16. The van der Waals surface area contributed by atoms with E-state index < -0.39 is 10.0 Å². The van der Waals surface area contributed by atoms with Crippen LogP contribution in [0.3, 0.4) is 0 Å². The van der Waals surface area contributed by atoms with E-state index in [9.17, 15) is 18.0 Å². The lowest BCUT2D eigenvalue weighted by Gasteiger charge is -2.30. The summed E-state index contributed by atoms with van der Waals surface area (Å²) < 4.78 is 33.4. The van der Waals surface area contributed by atoms with Crippen LogP contribution in [0.25, 0.3) is 0 Å². The maximum absolute atomic E-state index is 13.0. The number of nitrogens with zero attached hydrogens (tertiary/aromatic N) is 1. The van der Waals surface area contributed by atoms with Crippen LogP contribution in [0, 0.1) is 19.8 Å². The smallest absolute Gasteiger partial charge is 0.308 e. The number of benzene rings is 2. The number of esters is 1. The molecule has 160 valence electrons. The van der Waals surface area contributed by atoms with Crippen LogP contribution < -0.4 is 4.72 Å². The molecule has 1 aliphatic rings. The Kier molecular flexibility index (Phi) is 6.45. The zero-order valence-corrected chi connectivity index (χ0v) is 18.2. The van der Waals surface area contributed by atoms with Gasteiger partial charge in [-0.05, 0) is 56.0 Å². The highest BCUT2D eigenvalue weighted by Gasteiger charge is 2.29. The van der Waals surface area contributed by atoms with Gasteiger partial charge in [0.1, 0.15) is 0 Å². The number of para-hydroxylation sites is 1. The van der Waals surface area contributed by atoms with Crippen molar-refractivity contribution >= 4 is 27.6 Å². The van der Waals surface area contributed by atoms with Crippen molar-refractivity contribution in [2.75, 3.05) is 24.9 Å². The van der Waals surface area contributed by atoms with Crippen molar-refractivity contribution in [2.45, 2.75) is 31.6 Å². The Morgan fingerprint density at radius 3 is 2.33 bits per heavy atom. The lowest BCUT2D eigenvalue weighted by Crippen LogP contribution is -2.40. The topological polar surface area (TPSA) is 92.8 Å². The number of nitrogens with one attached hydrogen (secondary N) is 1. The van der Waals surface area contributed by atoms with E-state index in [-0.39, 0.29) is 22.7 Å². The van der Waals surface area contributed by atoms with Gasteiger partial charge in [-0.3, -0.25) is 14.3 Å². The summed E-state index contributed by atoms with van der Waals surface area (Å²) >= 11 is 0. The molecule has 1 amide bonds. The number of piperidine rings is 1. The summed E-state index contributed by atoms with van der Waals surface area (Å²) in [5.74, 6) is -0.704. The first kappa shape index (κ1) is 21.8. The lowest BCUT2D eigenvalue weighted by atomic mass is 9.96. The minimum Gasteiger partial charge on any atom is -0.469 e. The number of hydrogen-bond acceptors (Lipinski definition) is 5. The molecule has 1 aliphatic heterocycles. The normalized spacial score (nSPS) is 15.0. The number of aryl methyl sites for hydroxylation is 2. The number of sulfonamides is 1. The highest BCUT2D eigenvalue weighted by molar-refractivity contribution is 7.92. The van der Waals surface area contributed by atoms with Crippen LogP contribution in [-0.2, 0) is 19.6 Å². The number of carbonyl (C=O) groups excluding carboxylic acids is 2. The Balaban J connectivity index is 1.80. The number of hydrogen-bond donors (Lipinski definition) is 1. The zero-order chi connectivity index (χ0) is 21.9. The summed E-state index contributed by atoms with van der Waals surface area (Å²) in [6, 6.07) is 11.8. The van der Waals surface area contributed by atoms with Crippen molar-refractivity contribution in [3.63, 3.8) is 0 Å². The SMILES string of the molecule is COC(=O)C1CCN(C(=O)c2ccc(C)c(S(=O)(=O)Nc3ccccc3C)c2)CC1. The molecule has 2 aromatic carbocycles. The standard InChI is InChI=1S/C22H26N2O5S/c1-15-6-4-5-7-19(15)23-30(27,28)20-14-18(9-8-16(20)2)21(25)24-12-10-17(11-13-24)22(26)29-3/h4-9,14,17,23H,10-13H2,1-3H3. The molecular weight excluding hydrogens is 404 g/mol. The summed E-state index contributed by atoms with van der Waals surface area (Å²) in [5, 5.41) is 0. The molecule has 2 aromatic rings. The molecular formula is C22H26N2O5S. The van der Waals surface area contributed by atoms with Crippen LogP contribution in [-0.4, -0.2) is 45.4 Å². The highest BCUT2D eigenvalue weighted by atomic mass is 32.2. The van der Waals surface area contributed by atoms with Gasteiger partial charge in [-0.1, -0.05) is 24.3 Å². The van der Waals surface area contributed by atoms with E-state index in [1.165, 1.54) is 13.2 Å². The van der Waals surface area contributed by atoms with E-state index in [1.54, 1.807) is 36.1 Å². The minimum absolute atomic E-state index is 0.0704. The molecule has 0 aromatic heterocycles. The summed E-state index contributed by atoms with van der Waals surface area (Å²) in [4.78, 5) is 26.3. The van der Waals surface area contributed by atoms with Gasteiger partial charge < -0.3 is 9.64 Å². The zero-order valence-electron chi connectivity index (χ0n) is 17.3. The van der Waals surface area contributed by atoms with Gasteiger partial charge in [0, 0.05) is 18.7 Å². The van der Waals surface area contributed by atoms with Gasteiger partial charge in [-0.15, -0.1) is 0 Å². The van der Waals surface area contributed by atoms with Crippen LogP contribution in [0.15, 0.2) is 47.4 Å². The maximum Gasteiger partial charge on any atom is 0.308 e. The van der Waals surface area contributed by atoms with Gasteiger partial charge >= 0.3 is 5.97 Å². The van der Waals surface area contributed by atoms with Crippen molar-refractivity contribution in [3.8, 4) is 0 Å². The second-order valence-corrected chi connectivity index (χ2v) is 9.14. The third-order valence-electron chi connectivity index (χ3n) is 5.43. The number of anilines is 1. The van der Waals surface area contributed by atoms with Gasteiger partial charge in [0.05, 0.1) is 23.6 Å². The van der Waals surface area contributed by atoms with Crippen LogP contribution in [0.4, 0.5) is 5.69 Å². The third-order valence-corrected chi connectivity index (χ3v) is 6.94. The fourth-order valence-electron chi connectivity index (χ4n) is 3.58. The van der Waals surface area contributed by atoms with Crippen molar-refractivity contribution in [1.82, 2.24) is 4.90 Å². The van der Waals surface area contributed by atoms with Gasteiger partial charge in [-0.25, -0.2) is 8.42 Å². The Labute approximate surface area is 177 Å². The van der Waals surface area contributed by atoms with Crippen LogP contribution in [0.1, 0.15) is 34.3 Å². The average Bonchev–Trinajstić information content (AvgIpc) is 2.74. The monoisotopic (exact) mass is 430 g/mol. The van der Waals surface area contributed by atoms with Crippen molar-refractivity contribution < 1.29 is 22.7 Å². The molecule has 3 rings (SSSR count). The highest BCUT2D eigenvalue weighted by Crippen LogP contribution is 2.25. The van der Waals surface area contributed by atoms with E-state index in [4.69, 9.17) is 4.74 Å². The van der Waals surface area contributed by atoms with E-state index in [0.717, 1.165) is 5.56 Å². The van der Waals surface area contributed by atoms with Crippen molar-refractivity contribution in [1.29, 1.82) is 0 Å². The lowest BCUT2D eigenvalue weighted by molar-refractivity contribution is -0.146. The van der Waals surface area contributed by atoms with Crippen LogP contribution >= 0.6 is 0 Å². The minimum atomic E-state index is -3.86. The van der Waals surface area contributed by atoms with E-state index in [0.29, 0.717) is 42.7 Å². The van der Waals surface area contributed by atoms with E-state index in [1.807, 2.05) is 19.1 Å². The first-order chi connectivity index (χ1) is 14.2. The molecule has 0 aliphatic carbocycles. The number of methoxy groups -OCH3 is 1. The molecule has 30 heavy (non-hydrogen) atoms. The summed E-state index contributed by atoms with van der Waals surface area (Å²) in [7, 11) is -2.50. The Morgan fingerprint density at radius 2 is 1.70 bits per heavy atom. The van der Waals surface area contributed by atoms with Gasteiger partial charge in [0.2, 0.25) is 0 Å². The molecule has 1 N–H and O–H groups in total. The predicted molar refractivity (Wildman–Crippen MR) is 114 cm³/mol. The van der Waals surface area contributed by atoms with Gasteiger partial charge in [0.25, 0.3) is 15.9 Å². The molecule has 8 heteroatoms. The number of amides is 1. The molecule has 0 radical (unpaired) electrons. The summed E-state index contributed by atoms with van der Waals surface area (Å²) in [6.07, 6.45) is 1.06. The molecule has 0 atom stereocenters. The molecule has 7 nitrogen and oxygen atoms in total. The first-order valence-corrected chi connectivity index (χ1v) is 11.3. The number of ether oxygens (including phenoxy) is 1. The molecule has 1 fully saturated rings.